The number of halogens is 3. The minimum absolute atomic E-state index is 0.123. The van der Waals surface area contributed by atoms with Gasteiger partial charge in [0, 0.05) is 28.7 Å². The normalized spacial score (nSPS) is 11.6. The van der Waals surface area contributed by atoms with E-state index in [1.54, 1.807) is 23.8 Å². The Hall–Kier alpha value is -2.82. The predicted molar refractivity (Wildman–Crippen MR) is 90.9 cm³/mol. The molecule has 128 valence electrons. The lowest BCUT2D eigenvalue weighted by atomic mass is 10.0. The third-order valence-electron chi connectivity index (χ3n) is 4.14. The van der Waals surface area contributed by atoms with Gasteiger partial charge in [-0.1, -0.05) is 36.4 Å². The number of benzene rings is 2. The van der Waals surface area contributed by atoms with Gasteiger partial charge in [0.2, 0.25) is 0 Å². The SMILES string of the molecule is CC(=O)c1c(-c2ccccc2)cn(-c2cccc(C(F)(F)F)c2)c1C. The summed E-state index contributed by atoms with van der Waals surface area (Å²) in [6.07, 6.45) is -2.69. The first-order chi connectivity index (χ1) is 11.8. The fourth-order valence-corrected chi connectivity index (χ4v) is 2.99. The van der Waals surface area contributed by atoms with Crippen LogP contribution in [0.4, 0.5) is 13.2 Å². The van der Waals surface area contributed by atoms with E-state index in [-0.39, 0.29) is 5.78 Å². The van der Waals surface area contributed by atoms with Crippen LogP contribution in [0, 0.1) is 6.92 Å². The molecule has 0 bridgehead atoms. The molecule has 5 heteroatoms. The van der Waals surface area contributed by atoms with Crippen LogP contribution >= 0.6 is 0 Å². The van der Waals surface area contributed by atoms with Crippen molar-refractivity contribution in [1.29, 1.82) is 0 Å². The van der Waals surface area contributed by atoms with Gasteiger partial charge in [-0.2, -0.15) is 13.2 Å². The Morgan fingerprint density at radius 2 is 1.68 bits per heavy atom. The molecule has 0 unspecified atom stereocenters. The predicted octanol–water partition coefficient (Wildman–Crippen LogP) is 5.67. The van der Waals surface area contributed by atoms with Gasteiger partial charge in [-0.3, -0.25) is 4.79 Å². The molecule has 0 spiro atoms. The van der Waals surface area contributed by atoms with Crippen molar-refractivity contribution < 1.29 is 18.0 Å². The number of carbonyl (C=O) groups is 1. The van der Waals surface area contributed by atoms with Crippen LogP contribution in [-0.2, 0) is 6.18 Å². The molecule has 0 saturated heterocycles. The van der Waals surface area contributed by atoms with Crippen molar-refractivity contribution in [2.75, 3.05) is 0 Å². The van der Waals surface area contributed by atoms with Gasteiger partial charge in [0.1, 0.15) is 0 Å². The Kier molecular flexibility index (Phi) is 4.25. The summed E-state index contributed by atoms with van der Waals surface area (Å²) < 4.78 is 40.6. The highest BCUT2D eigenvalue weighted by Gasteiger charge is 2.30. The van der Waals surface area contributed by atoms with Crippen LogP contribution in [0.1, 0.15) is 28.5 Å². The third kappa shape index (κ3) is 3.22. The summed E-state index contributed by atoms with van der Waals surface area (Å²) in [5, 5.41) is 0. The Morgan fingerprint density at radius 3 is 2.28 bits per heavy atom. The van der Waals surface area contributed by atoms with Gasteiger partial charge in [0.25, 0.3) is 0 Å². The first kappa shape index (κ1) is 17.0. The van der Waals surface area contributed by atoms with E-state index in [9.17, 15) is 18.0 Å². The van der Waals surface area contributed by atoms with Crippen LogP contribution in [0.25, 0.3) is 16.8 Å². The van der Waals surface area contributed by atoms with E-state index in [1.165, 1.54) is 13.0 Å². The van der Waals surface area contributed by atoms with Gasteiger partial charge in [-0.05, 0) is 37.6 Å². The molecule has 3 rings (SSSR count). The Morgan fingerprint density at radius 1 is 1.00 bits per heavy atom. The lowest BCUT2D eigenvalue weighted by Crippen LogP contribution is -2.06. The zero-order chi connectivity index (χ0) is 18.2. The Balaban J connectivity index is 2.21. The van der Waals surface area contributed by atoms with Crippen LogP contribution < -0.4 is 0 Å². The van der Waals surface area contributed by atoms with Gasteiger partial charge < -0.3 is 4.57 Å². The van der Waals surface area contributed by atoms with Crippen LogP contribution in [-0.4, -0.2) is 10.4 Å². The number of nitrogens with zero attached hydrogens (tertiary/aromatic N) is 1. The number of aromatic nitrogens is 1. The molecule has 2 nitrogen and oxygen atoms in total. The molecule has 0 aliphatic rings. The maximum Gasteiger partial charge on any atom is 0.416 e. The smallest absolute Gasteiger partial charge is 0.320 e. The molecule has 1 heterocycles. The molecule has 0 amide bonds. The van der Waals surface area contributed by atoms with Crippen molar-refractivity contribution in [1.82, 2.24) is 4.57 Å². The van der Waals surface area contributed by atoms with E-state index in [0.717, 1.165) is 17.7 Å². The monoisotopic (exact) mass is 343 g/mol. The molecule has 0 fully saturated rings. The minimum Gasteiger partial charge on any atom is -0.320 e. The fourth-order valence-electron chi connectivity index (χ4n) is 2.99. The number of ketones is 1. The Labute approximate surface area is 143 Å². The Bertz CT molecular complexity index is 924. The van der Waals surface area contributed by atoms with Crippen LogP contribution in [0.15, 0.2) is 60.8 Å². The molecule has 3 aromatic rings. The van der Waals surface area contributed by atoms with Crippen molar-refractivity contribution >= 4 is 5.78 Å². The standard InChI is InChI=1S/C20H16F3NO/c1-13-19(14(2)25)18(15-7-4-3-5-8-15)12-24(13)17-10-6-9-16(11-17)20(21,22)23/h3-12H,1-2H3. The number of rotatable bonds is 3. The van der Waals surface area contributed by atoms with Gasteiger partial charge >= 0.3 is 6.18 Å². The van der Waals surface area contributed by atoms with Crippen molar-refractivity contribution in [2.24, 2.45) is 0 Å². The zero-order valence-electron chi connectivity index (χ0n) is 13.8. The van der Waals surface area contributed by atoms with Gasteiger partial charge in [0.15, 0.2) is 5.78 Å². The van der Waals surface area contributed by atoms with Crippen LogP contribution in [0.5, 0.6) is 0 Å². The van der Waals surface area contributed by atoms with Gasteiger partial charge in [-0.15, -0.1) is 0 Å². The number of alkyl halides is 3. The molecule has 0 aliphatic carbocycles. The number of hydrogen-bond donors (Lipinski definition) is 0. The number of carbonyl (C=O) groups excluding carboxylic acids is 1. The summed E-state index contributed by atoms with van der Waals surface area (Å²) in [5.74, 6) is -0.123. The van der Waals surface area contributed by atoms with Gasteiger partial charge in [0.05, 0.1) is 5.56 Å². The molecule has 25 heavy (non-hydrogen) atoms. The lowest BCUT2D eigenvalue weighted by Gasteiger charge is -2.11. The summed E-state index contributed by atoms with van der Waals surface area (Å²) in [6.45, 7) is 3.20. The third-order valence-corrected chi connectivity index (χ3v) is 4.14. The van der Waals surface area contributed by atoms with Crippen molar-refractivity contribution in [3.05, 3.63) is 77.6 Å². The van der Waals surface area contributed by atoms with Crippen LogP contribution in [0.3, 0.4) is 0 Å². The average molecular weight is 343 g/mol. The second-order valence-corrected chi connectivity index (χ2v) is 5.84. The molecule has 0 radical (unpaired) electrons. The quantitative estimate of drug-likeness (QED) is 0.561. The average Bonchev–Trinajstić information content (AvgIpc) is 2.92. The molecule has 2 aromatic carbocycles. The largest absolute Gasteiger partial charge is 0.416 e. The van der Waals surface area contributed by atoms with Crippen molar-refractivity contribution in [2.45, 2.75) is 20.0 Å². The van der Waals surface area contributed by atoms with Crippen molar-refractivity contribution in [3.8, 4) is 16.8 Å². The summed E-state index contributed by atoms with van der Waals surface area (Å²) in [6, 6.07) is 14.4. The second-order valence-electron chi connectivity index (χ2n) is 5.84. The molecular weight excluding hydrogens is 327 g/mol. The highest BCUT2D eigenvalue weighted by molar-refractivity contribution is 6.02. The summed E-state index contributed by atoms with van der Waals surface area (Å²) in [5.41, 5.74) is 2.35. The van der Waals surface area contributed by atoms with E-state index in [2.05, 4.69) is 0 Å². The topological polar surface area (TPSA) is 22.0 Å². The van der Waals surface area contributed by atoms with E-state index in [1.807, 2.05) is 30.3 Å². The molecule has 0 saturated carbocycles. The lowest BCUT2D eigenvalue weighted by molar-refractivity contribution is -0.137. The first-order valence-electron chi connectivity index (χ1n) is 7.75. The maximum atomic E-state index is 13.0. The number of Topliss-reactive ketones (excluding diaryl/α,β-unsaturated/α-hetero) is 1. The van der Waals surface area contributed by atoms with E-state index in [0.29, 0.717) is 22.5 Å². The molecule has 0 N–H and O–H groups in total. The van der Waals surface area contributed by atoms with E-state index >= 15 is 0 Å². The minimum atomic E-state index is -4.41. The zero-order valence-corrected chi connectivity index (χ0v) is 13.8. The second kappa shape index (κ2) is 6.24. The molecule has 0 atom stereocenters. The van der Waals surface area contributed by atoms with E-state index < -0.39 is 11.7 Å². The maximum absolute atomic E-state index is 13.0. The molecular formula is C20H16F3NO. The highest BCUT2D eigenvalue weighted by Crippen LogP contribution is 2.33. The molecule has 1 aromatic heterocycles. The summed E-state index contributed by atoms with van der Waals surface area (Å²) in [7, 11) is 0. The fraction of sp³-hybridized carbons (Fsp3) is 0.150. The van der Waals surface area contributed by atoms with Crippen molar-refractivity contribution in [3.63, 3.8) is 0 Å². The van der Waals surface area contributed by atoms with Crippen LogP contribution in [0.2, 0.25) is 0 Å². The van der Waals surface area contributed by atoms with Gasteiger partial charge in [-0.25, -0.2) is 0 Å². The van der Waals surface area contributed by atoms with E-state index in [4.69, 9.17) is 0 Å². The molecule has 0 aliphatic heterocycles. The summed E-state index contributed by atoms with van der Waals surface area (Å²) >= 11 is 0. The number of hydrogen-bond acceptors (Lipinski definition) is 1. The first-order valence-corrected chi connectivity index (χ1v) is 7.75. The summed E-state index contributed by atoms with van der Waals surface area (Å²) in [4.78, 5) is 12.1. The highest BCUT2D eigenvalue weighted by atomic mass is 19.4.